The highest BCUT2D eigenvalue weighted by atomic mass is 35.5. The minimum atomic E-state index is -1.32. The van der Waals surface area contributed by atoms with E-state index in [1.807, 2.05) is 0 Å². The van der Waals surface area contributed by atoms with E-state index in [1.165, 1.54) is 36.9 Å². The van der Waals surface area contributed by atoms with Crippen molar-refractivity contribution in [3.05, 3.63) is 34.6 Å². The number of aliphatic carboxylic acids is 1. The van der Waals surface area contributed by atoms with Crippen LogP contribution in [0.25, 0.3) is 0 Å². The van der Waals surface area contributed by atoms with E-state index in [4.69, 9.17) is 16.7 Å². The number of likely N-dealkylation sites (N-methyl/N-ethyl adjacent to an activating group) is 1. The highest BCUT2D eigenvalue weighted by molar-refractivity contribution is 6.30. The molecule has 0 saturated heterocycles. The molecule has 0 heterocycles. The smallest absolute Gasteiger partial charge is 0.329 e. The molecule has 0 atom stereocenters. The molecule has 1 aromatic rings. The van der Waals surface area contributed by atoms with Crippen LogP contribution in [-0.2, 0) is 11.3 Å². The highest BCUT2D eigenvalue weighted by Crippen LogP contribution is 2.17. The summed E-state index contributed by atoms with van der Waals surface area (Å²) in [7, 11) is 0. The normalized spacial score (nSPS) is 11.1. The fraction of sp³-hybridized carbons (Fsp3) is 0.429. The summed E-state index contributed by atoms with van der Waals surface area (Å²) < 4.78 is 13.0. The van der Waals surface area contributed by atoms with Crippen LogP contribution >= 0.6 is 11.6 Å². The second-order valence-electron chi connectivity index (χ2n) is 5.02. The molecule has 0 aliphatic carbocycles. The minimum absolute atomic E-state index is 0.0278. The Kier molecular flexibility index (Phi) is 5.54. The number of carbonyl (C=O) groups is 2. The lowest BCUT2D eigenvalue weighted by molar-refractivity contribution is -0.147. The van der Waals surface area contributed by atoms with E-state index in [0.717, 1.165) is 0 Å². The summed E-state index contributed by atoms with van der Waals surface area (Å²) in [5.74, 6) is -1.63. The molecule has 2 amide bonds. The first-order chi connectivity index (χ1) is 9.70. The lowest BCUT2D eigenvalue weighted by Crippen LogP contribution is -2.55. The average molecular weight is 317 g/mol. The van der Waals surface area contributed by atoms with Crippen molar-refractivity contribution in [1.82, 2.24) is 10.2 Å². The molecule has 0 spiro atoms. The third-order valence-electron chi connectivity index (χ3n) is 3.19. The summed E-state index contributed by atoms with van der Waals surface area (Å²) in [6, 6.07) is 3.61. The molecule has 7 heteroatoms. The Bertz CT molecular complexity index is 549. The number of rotatable bonds is 5. The van der Waals surface area contributed by atoms with Crippen LogP contribution in [0.1, 0.15) is 26.3 Å². The highest BCUT2D eigenvalue weighted by Gasteiger charge is 2.36. The lowest BCUT2D eigenvalue weighted by atomic mass is 10.0. The quantitative estimate of drug-likeness (QED) is 0.877. The molecule has 0 aromatic heterocycles. The van der Waals surface area contributed by atoms with Gasteiger partial charge in [-0.3, -0.25) is 0 Å². The molecule has 0 unspecified atom stereocenters. The fourth-order valence-electron chi connectivity index (χ4n) is 1.83. The third kappa shape index (κ3) is 4.07. The average Bonchev–Trinajstić information content (AvgIpc) is 2.40. The van der Waals surface area contributed by atoms with Gasteiger partial charge in [0, 0.05) is 13.1 Å². The number of carbonyl (C=O) groups excluding carboxylic acids is 1. The van der Waals surface area contributed by atoms with Crippen LogP contribution in [0.4, 0.5) is 9.18 Å². The molecule has 0 bridgehead atoms. The van der Waals surface area contributed by atoms with Crippen molar-refractivity contribution in [2.24, 2.45) is 0 Å². The van der Waals surface area contributed by atoms with Gasteiger partial charge in [0.15, 0.2) is 0 Å². The molecule has 0 aliphatic rings. The zero-order valence-electron chi connectivity index (χ0n) is 12.1. The molecular formula is C14H18ClFN2O3. The van der Waals surface area contributed by atoms with Crippen LogP contribution in [0, 0.1) is 5.82 Å². The van der Waals surface area contributed by atoms with Crippen molar-refractivity contribution in [3.8, 4) is 0 Å². The number of urea groups is 1. The van der Waals surface area contributed by atoms with E-state index in [1.54, 1.807) is 6.92 Å². The molecule has 2 N–H and O–H groups in total. The number of hydrogen-bond acceptors (Lipinski definition) is 2. The molecule has 21 heavy (non-hydrogen) atoms. The Morgan fingerprint density at radius 3 is 2.52 bits per heavy atom. The van der Waals surface area contributed by atoms with E-state index in [-0.39, 0.29) is 18.1 Å². The van der Waals surface area contributed by atoms with E-state index in [9.17, 15) is 14.0 Å². The largest absolute Gasteiger partial charge is 0.480 e. The number of halogens is 2. The number of carboxylic acid groups (broad SMARTS) is 1. The number of benzene rings is 1. The summed E-state index contributed by atoms with van der Waals surface area (Å²) in [4.78, 5) is 24.5. The maximum Gasteiger partial charge on any atom is 0.329 e. The number of nitrogens with zero attached hydrogens (tertiary/aromatic N) is 1. The maximum absolute atomic E-state index is 13.0. The lowest BCUT2D eigenvalue weighted by Gasteiger charge is -2.34. The van der Waals surface area contributed by atoms with Gasteiger partial charge in [-0.25, -0.2) is 14.0 Å². The molecule has 5 nitrogen and oxygen atoms in total. The first-order valence-electron chi connectivity index (χ1n) is 6.43. The van der Waals surface area contributed by atoms with Gasteiger partial charge in [-0.2, -0.15) is 0 Å². The summed E-state index contributed by atoms with van der Waals surface area (Å²) in [6.45, 7) is 4.97. The first kappa shape index (κ1) is 17.2. The van der Waals surface area contributed by atoms with E-state index in [0.29, 0.717) is 5.56 Å². The third-order valence-corrected chi connectivity index (χ3v) is 3.48. The number of amides is 2. The Labute approximate surface area is 127 Å². The first-order valence-corrected chi connectivity index (χ1v) is 6.80. The van der Waals surface area contributed by atoms with Crippen molar-refractivity contribution in [3.63, 3.8) is 0 Å². The summed E-state index contributed by atoms with van der Waals surface area (Å²) >= 11 is 5.66. The van der Waals surface area contributed by atoms with Crippen LogP contribution in [-0.4, -0.2) is 34.1 Å². The molecular weight excluding hydrogens is 299 g/mol. The summed E-state index contributed by atoms with van der Waals surface area (Å²) in [6.07, 6.45) is 0. The molecule has 0 fully saturated rings. The second-order valence-corrected chi connectivity index (χ2v) is 5.42. The predicted octanol–water partition coefficient (Wildman–Crippen LogP) is 2.87. The molecule has 0 aliphatic heterocycles. The van der Waals surface area contributed by atoms with Crippen molar-refractivity contribution >= 4 is 23.6 Å². The summed E-state index contributed by atoms with van der Waals surface area (Å²) in [5, 5.41) is 11.7. The SMILES string of the molecule is CCN(C(=O)NCc1ccc(F)c(Cl)c1)C(C)(C)C(=O)O. The van der Waals surface area contributed by atoms with Gasteiger partial charge in [-0.1, -0.05) is 17.7 Å². The van der Waals surface area contributed by atoms with Crippen LogP contribution in [0.2, 0.25) is 5.02 Å². The monoisotopic (exact) mass is 316 g/mol. The Morgan fingerprint density at radius 1 is 1.43 bits per heavy atom. The van der Waals surface area contributed by atoms with Gasteiger partial charge < -0.3 is 15.3 Å². The molecule has 116 valence electrons. The Balaban J connectivity index is 2.75. The van der Waals surface area contributed by atoms with Crippen molar-refractivity contribution in [2.75, 3.05) is 6.54 Å². The standard InChI is InChI=1S/C14H18ClFN2O3/c1-4-18(14(2,3)12(19)20)13(21)17-8-9-5-6-11(16)10(15)7-9/h5-7H,4,8H2,1-3H3,(H,17,21)(H,19,20). The second kappa shape index (κ2) is 6.76. The van der Waals surface area contributed by atoms with Crippen LogP contribution in [0.3, 0.4) is 0 Å². The topological polar surface area (TPSA) is 69.6 Å². The van der Waals surface area contributed by atoms with Gasteiger partial charge in [-0.15, -0.1) is 0 Å². The zero-order chi connectivity index (χ0) is 16.2. The predicted molar refractivity (Wildman–Crippen MR) is 77.7 cm³/mol. The Morgan fingerprint density at radius 2 is 2.05 bits per heavy atom. The van der Waals surface area contributed by atoms with E-state index < -0.39 is 23.4 Å². The number of carboxylic acids is 1. The number of hydrogen-bond donors (Lipinski definition) is 2. The molecule has 0 saturated carbocycles. The van der Waals surface area contributed by atoms with Crippen molar-refractivity contribution < 1.29 is 19.1 Å². The van der Waals surface area contributed by atoms with Crippen molar-refractivity contribution in [1.29, 1.82) is 0 Å². The van der Waals surface area contributed by atoms with E-state index >= 15 is 0 Å². The summed E-state index contributed by atoms with van der Waals surface area (Å²) in [5.41, 5.74) is -0.696. The van der Waals surface area contributed by atoms with Crippen molar-refractivity contribution in [2.45, 2.75) is 32.9 Å². The Hall–Kier alpha value is -1.82. The van der Waals surface area contributed by atoms with Gasteiger partial charge in [0.1, 0.15) is 11.4 Å². The molecule has 1 aromatic carbocycles. The maximum atomic E-state index is 13.0. The molecule has 1 rings (SSSR count). The zero-order valence-corrected chi connectivity index (χ0v) is 12.9. The number of nitrogens with one attached hydrogen (secondary N) is 1. The van der Waals surface area contributed by atoms with Gasteiger partial charge in [-0.05, 0) is 38.5 Å². The minimum Gasteiger partial charge on any atom is -0.480 e. The fourth-order valence-corrected chi connectivity index (χ4v) is 2.03. The van der Waals surface area contributed by atoms with Gasteiger partial charge in [0.25, 0.3) is 0 Å². The molecule has 0 radical (unpaired) electrons. The van der Waals surface area contributed by atoms with Gasteiger partial charge >= 0.3 is 12.0 Å². The van der Waals surface area contributed by atoms with E-state index in [2.05, 4.69) is 5.32 Å². The van der Waals surface area contributed by atoms with Crippen LogP contribution in [0.15, 0.2) is 18.2 Å². The van der Waals surface area contributed by atoms with Crippen LogP contribution < -0.4 is 5.32 Å². The van der Waals surface area contributed by atoms with Crippen LogP contribution in [0.5, 0.6) is 0 Å². The van der Waals surface area contributed by atoms with Gasteiger partial charge in [0.05, 0.1) is 5.02 Å². The van der Waals surface area contributed by atoms with Gasteiger partial charge in [0.2, 0.25) is 0 Å².